The predicted octanol–water partition coefficient (Wildman–Crippen LogP) is 3.19. The Hall–Kier alpha value is -1.94. The van der Waals surface area contributed by atoms with Gasteiger partial charge in [0.2, 0.25) is 5.78 Å². The number of nitrogens with zero attached hydrogens (tertiary/aromatic N) is 2. The minimum absolute atomic E-state index is 0.0678. The molecule has 0 radical (unpaired) electrons. The number of fused-ring (bicyclic) bond motifs is 1. The third-order valence-electron chi connectivity index (χ3n) is 2.97. The summed E-state index contributed by atoms with van der Waals surface area (Å²) in [6.45, 7) is 2.07. The molecule has 0 saturated carbocycles. The largest absolute Gasteiger partial charge is 0.310 e. The summed E-state index contributed by atoms with van der Waals surface area (Å²) in [4.78, 5) is 17.5. The van der Waals surface area contributed by atoms with Crippen molar-refractivity contribution >= 4 is 22.6 Å². The van der Waals surface area contributed by atoms with E-state index in [2.05, 4.69) is 11.9 Å². The number of carbonyl (C=O) groups excluding carboxylic acids is 1. The van der Waals surface area contributed by atoms with Crippen LogP contribution in [0.4, 0.5) is 0 Å². The Morgan fingerprint density at radius 3 is 3.00 bits per heavy atom. The molecule has 90 valence electrons. The maximum absolute atomic E-state index is 12.4. The van der Waals surface area contributed by atoms with Crippen LogP contribution in [0.5, 0.6) is 0 Å². The van der Waals surface area contributed by atoms with Crippen molar-refractivity contribution in [1.29, 1.82) is 0 Å². The Bertz CT molecular complexity index is 698. The molecular formula is C14H12N2OS. The molecule has 0 aliphatic carbocycles. The van der Waals surface area contributed by atoms with Crippen molar-refractivity contribution in [3.05, 3.63) is 58.3 Å². The summed E-state index contributed by atoms with van der Waals surface area (Å²) in [7, 11) is 0. The van der Waals surface area contributed by atoms with Crippen LogP contribution in [0.2, 0.25) is 0 Å². The van der Waals surface area contributed by atoms with Crippen LogP contribution in [0.25, 0.3) is 5.52 Å². The Balaban J connectivity index is 2.17. The van der Waals surface area contributed by atoms with Gasteiger partial charge in [-0.25, -0.2) is 0 Å². The number of hydrogen-bond acceptors (Lipinski definition) is 3. The minimum Gasteiger partial charge on any atom is -0.310 e. The number of hydrogen-bond donors (Lipinski definition) is 0. The van der Waals surface area contributed by atoms with E-state index >= 15 is 0 Å². The van der Waals surface area contributed by atoms with Crippen molar-refractivity contribution in [2.45, 2.75) is 13.3 Å². The van der Waals surface area contributed by atoms with E-state index in [1.54, 1.807) is 6.20 Å². The molecule has 0 bridgehead atoms. The molecule has 0 N–H and O–H groups in total. The third kappa shape index (κ3) is 1.66. The smallest absolute Gasteiger partial charge is 0.219 e. The topological polar surface area (TPSA) is 34.4 Å². The fourth-order valence-corrected chi connectivity index (χ4v) is 2.76. The Labute approximate surface area is 109 Å². The van der Waals surface area contributed by atoms with E-state index in [-0.39, 0.29) is 5.78 Å². The van der Waals surface area contributed by atoms with E-state index in [0.29, 0.717) is 5.69 Å². The van der Waals surface area contributed by atoms with Gasteiger partial charge >= 0.3 is 0 Å². The monoisotopic (exact) mass is 256 g/mol. The average Bonchev–Trinajstić information content (AvgIpc) is 3.06. The lowest BCUT2D eigenvalue weighted by Gasteiger charge is -2.03. The van der Waals surface area contributed by atoms with Crippen LogP contribution in [-0.2, 0) is 6.42 Å². The molecule has 18 heavy (non-hydrogen) atoms. The van der Waals surface area contributed by atoms with Gasteiger partial charge in [-0.3, -0.25) is 9.78 Å². The van der Waals surface area contributed by atoms with Crippen LogP contribution in [0.15, 0.2) is 42.0 Å². The molecule has 0 aromatic carbocycles. The number of ketones is 1. The second-order valence-corrected chi connectivity index (χ2v) is 4.96. The van der Waals surface area contributed by atoms with Crippen LogP contribution in [0.1, 0.15) is 28.0 Å². The number of rotatable bonds is 3. The van der Waals surface area contributed by atoms with Crippen molar-refractivity contribution in [2.24, 2.45) is 0 Å². The quantitative estimate of drug-likeness (QED) is 0.674. The maximum Gasteiger partial charge on any atom is 0.219 e. The Morgan fingerprint density at radius 2 is 2.28 bits per heavy atom. The van der Waals surface area contributed by atoms with Crippen LogP contribution in [0.3, 0.4) is 0 Å². The van der Waals surface area contributed by atoms with Gasteiger partial charge in [0.25, 0.3) is 0 Å². The summed E-state index contributed by atoms with van der Waals surface area (Å²) in [6.07, 6.45) is 4.45. The normalized spacial score (nSPS) is 10.9. The van der Waals surface area contributed by atoms with Gasteiger partial charge < -0.3 is 4.40 Å². The second kappa shape index (κ2) is 4.38. The lowest BCUT2D eigenvalue weighted by Crippen LogP contribution is -2.04. The van der Waals surface area contributed by atoms with Gasteiger partial charge in [0.1, 0.15) is 0 Å². The van der Waals surface area contributed by atoms with E-state index < -0.39 is 0 Å². The predicted molar refractivity (Wildman–Crippen MR) is 72.3 cm³/mol. The highest BCUT2D eigenvalue weighted by Crippen LogP contribution is 2.19. The first kappa shape index (κ1) is 11.2. The fourth-order valence-electron chi connectivity index (χ4n) is 2.09. The summed E-state index contributed by atoms with van der Waals surface area (Å²) in [5.41, 5.74) is 2.73. The second-order valence-electron chi connectivity index (χ2n) is 4.01. The Morgan fingerprint density at radius 1 is 1.39 bits per heavy atom. The molecule has 3 rings (SSSR count). The molecule has 0 saturated heterocycles. The molecule has 0 unspecified atom stereocenters. The summed E-state index contributed by atoms with van der Waals surface area (Å²) in [5, 5.41) is 1.92. The lowest BCUT2D eigenvalue weighted by molar-refractivity contribution is 0.103. The van der Waals surface area contributed by atoms with Crippen molar-refractivity contribution in [3.63, 3.8) is 0 Å². The standard InChI is InChI=1S/C14H12N2OS/c1-2-10-11-5-6-12(16(11)8-7-15-10)14(17)13-4-3-9-18-13/h3-9H,2H2,1H3. The molecule has 0 aliphatic heterocycles. The summed E-state index contributed by atoms with van der Waals surface area (Å²) >= 11 is 1.47. The van der Waals surface area contributed by atoms with Gasteiger partial charge in [-0.1, -0.05) is 13.0 Å². The van der Waals surface area contributed by atoms with Gasteiger partial charge in [0.15, 0.2) is 0 Å². The molecule has 3 nitrogen and oxygen atoms in total. The molecule has 3 aromatic rings. The van der Waals surface area contributed by atoms with Gasteiger partial charge in [-0.2, -0.15) is 0 Å². The fraction of sp³-hybridized carbons (Fsp3) is 0.143. The van der Waals surface area contributed by atoms with Crippen LogP contribution < -0.4 is 0 Å². The average molecular weight is 256 g/mol. The van der Waals surface area contributed by atoms with Crippen LogP contribution in [0, 0.1) is 0 Å². The molecule has 0 atom stereocenters. The van der Waals surface area contributed by atoms with Gasteiger partial charge in [-0.15, -0.1) is 11.3 Å². The van der Waals surface area contributed by atoms with Crippen LogP contribution in [-0.4, -0.2) is 15.2 Å². The number of carbonyl (C=O) groups is 1. The highest BCUT2D eigenvalue weighted by molar-refractivity contribution is 7.12. The first-order chi connectivity index (χ1) is 8.81. The number of aryl methyl sites for hydroxylation is 1. The number of thiophene rings is 1. The van der Waals surface area contributed by atoms with E-state index in [9.17, 15) is 4.79 Å². The first-order valence-corrected chi connectivity index (χ1v) is 6.72. The van der Waals surface area contributed by atoms with Crippen LogP contribution >= 0.6 is 11.3 Å². The lowest BCUT2D eigenvalue weighted by atomic mass is 10.2. The molecule has 4 heteroatoms. The van der Waals surface area contributed by atoms with Crippen molar-refractivity contribution < 1.29 is 4.79 Å². The third-order valence-corrected chi connectivity index (χ3v) is 3.84. The molecule has 0 amide bonds. The van der Waals surface area contributed by atoms with E-state index in [4.69, 9.17) is 0 Å². The highest BCUT2D eigenvalue weighted by atomic mass is 32.1. The highest BCUT2D eigenvalue weighted by Gasteiger charge is 2.15. The Kier molecular flexibility index (Phi) is 2.72. The molecule has 0 spiro atoms. The molecule has 0 aliphatic rings. The zero-order chi connectivity index (χ0) is 12.5. The van der Waals surface area contributed by atoms with Gasteiger partial charge in [0, 0.05) is 12.4 Å². The molecular weight excluding hydrogens is 244 g/mol. The van der Waals surface area contributed by atoms with Crippen molar-refractivity contribution in [1.82, 2.24) is 9.38 Å². The summed E-state index contributed by atoms with van der Waals surface area (Å²) in [6, 6.07) is 7.59. The van der Waals surface area contributed by atoms with E-state index in [1.165, 1.54) is 11.3 Å². The minimum atomic E-state index is 0.0678. The van der Waals surface area contributed by atoms with Gasteiger partial charge in [0.05, 0.1) is 21.8 Å². The van der Waals surface area contributed by atoms with E-state index in [1.807, 2.05) is 40.2 Å². The molecule has 3 heterocycles. The SMILES string of the molecule is CCc1nccn2c(C(=O)c3cccs3)ccc12. The van der Waals surface area contributed by atoms with Crippen molar-refractivity contribution in [2.75, 3.05) is 0 Å². The summed E-state index contributed by atoms with van der Waals surface area (Å²) < 4.78 is 1.92. The van der Waals surface area contributed by atoms with E-state index in [0.717, 1.165) is 22.5 Å². The maximum atomic E-state index is 12.4. The zero-order valence-electron chi connectivity index (χ0n) is 9.96. The van der Waals surface area contributed by atoms with Gasteiger partial charge in [-0.05, 0) is 30.0 Å². The molecule has 0 fully saturated rings. The van der Waals surface area contributed by atoms with Crippen molar-refractivity contribution in [3.8, 4) is 0 Å². The zero-order valence-corrected chi connectivity index (χ0v) is 10.8. The summed E-state index contributed by atoms with van der Waals surface area (Å²) in [5.74, 6) is 0.0678. The molecule has 3 aromatic heterocycles. The first-order valence-electron chi connectivity index (χ1n) is 5.84. The number of aromatic nitrogens is 2.